The van der Waals surface area contributed by atoms with E-state index in [9.17, 15) is 13.2 Å². The standard InChI is InChI=1S/C8H18N2O4S/c1-7(8(11)12)5-4-6-9-15(13,14)10(2)3/h7,9H,4-6H2,1-3H3,(H,11,12). The molecule has 0 amide bonds. The lowest BCUT2D eigenvalue weighted by Gasteiger charge is -2.12. The van der Waals surface area contributed by atoms with Crippen molar-refractivity contribution in [2.45, 2.75) is 19.8 Å². The molecule has 90 valence electrons. The van der Waals surface area contributed by atoms with Gasteiger partial charge >= 0.3 is 5.97 Å². The zero-order chi connectivity index (χ0) is 12.1. The summed E-state index contributed by atoms with van der Waals surface area (Å²) in [6.07, 6.45) is 0.978. The number of hydrogen-bond donors (Lipinski definition) is 2. The summed E-state index contributed by atoms with van der Waals surface area (Å²) >= 11 is 0. The first-order valence-corrected chi connectivity index (χ1v) is 6.11. The molecule has 0 aliphatic rings. The average molecular weight is 238 g/mol. The molecule has 7 heteroatoms. The van der Waals surface area contributed by atoms with Crippen molar-refractivity contribution in [3.8, 4) is 0 Å². The van der Waals surface area contributed by atoms with Crippen molar-refractivity contribution >= 4 is 16.2 Å². The number of carboxylic acids is 1. The van der Waals surface area contributed by atoms with Gasteiger partial charge in [-0.15, -0.1) is 0 Å². The SMILES string of the molecule is CC(CCCNS(=O)(=O)N(C)C)C(=O)O. The molecular weight excluding hydrogens is 220 g/mol. The first-order valence-electron chi connectivity index (χ1n) is 4.67. The predicted octanol–water partition coefficient (Wildman–Crippen LogP) is -0.117. The first-order chi connectivity index (χ1) is 6.77. The molecule has 6 nitrogen and oxygen atoms in total. The summed E-state index contributed by atoms with van der Waals surface area (Å²) in [6.45, 7) is 1.86. The Morgan fingerprint density at radius 2 is 2.00 bits per heavy atom. The summed E-state index contributed by atoms with van der Waals surface area (Å²) in [5.74, 6) is -1.29. The smallest absolute Gasteiger partial charge is 0.306 e. The highest BCUT2D eigenvalue weighted by Gasteiger charge is 2.13. The van der Waals surface area contributed by atoms with E-state index in [2.05, 4.69) is 4.72 Å². The zero-order valence-corrected chi connectivity index (χ0v) is 10.0. The normalized spacial score (nSPS) is 14.1. The molecule has 0 aromatic rings. The van der Waals surface area contributed by atoms with Crippen LogP contribution in [0.1, 0.15) is 19.8 Å². The van der Waals surface area contributed by atoms with Gasteiger partial charge in [0.05, 0.1) is 5.92 Å². The highest BCUT2D eigenvalue weighted by molar-refractivity contribution is 7.87. The third-order valence-corrected chi connectivity index (χ3v) is 3.53. The van der Waals surface area contributed by atoms with Crippen molar-refractivity contribution in [3.63, 3.8) is 0 Å². The van der Waals surface area contributed by atoms with Crippen molar-refractivity contribution in [2.24, 2.45) is 5.92 Å². The summed E-state index contributed by atoms with van der Waals surface area (Å²) in [4.78, 5) is 10.5. The summed E-state index contributed by atoms with van der Waals surface area (Å²) < 4.78 is 25.8. The number of hydrogen-bond acceptors (Lipinski definition) is 3. The Kier molecular flexibility index (Phi) is 5.77. The van der Waals surface area contributed by atoms with E-state index in [4.69, 9.17) is 5.11 Å². The molecule has 2 N–H and O–H groups in total. The molecule has 0 aliphatic carbocycles. The topological polar surface area (TPSA) is 86.7 Å². The largest absolute Gasteiger partial charge is 0.481 e. The van der Waals surface area contributed by atoms with E-state index in [0.29, 0.717) is 12.8 Å². The number of nitrogens with zero attached hydrogens (tertiary/aromatic N) is 1. The molecule has 0 spiro atoms. The van der Waals surface area contributed by atoms with Crippen molar-refractivity contribution in [1.82, 2.24) is 9.03 Å². The third-order valence-electron chi connectivity index (χ3n) is 2.00. The van der Waals surface area contributed by atoms with Gasteiger partial charge in [-0.05, 0) is 12.8 Å². The monoisotopic (exact) mass is 238 g/mol. The minimum atomic E-state index is -3.38. The maximum absolute atomic E-state index is 11.2. The summed E-state index contributed by atoms with van der Waals surface area (Å²) in [5, 5.41) is 8.58. The number of aliphatic carboxylic acids is 1. The fourth-order valence-corrected chi connectivity index (χ4v) is 1.52. The number of rotatable bonds is 7. The van der Waals surface area contributed by atoms with Gasteiger partial charge in [0.15, 0.2) is 0 Å². The summed E-state index contributed by atoms with van der Waals surface area (Å²) in [7, 11) is -0.515. The van der Waals surface area contributed by atoms with Crippen molar-refractivity contribution in [1.29, 1.82) is 0 Å². The van der Waals surface area contributed by atoms with Crippen LogP contribution in [0, 0.1) is 5.92 Å². The third kappa shape index (κ3) is 5.71. The number of carboxylic acid groups (broad SMARTS) is 1. The van der Waals surface area contributed by atoms with Gasteiger partial charge < -0.3 is 5.11 Å². The Morgan fingerprint density at radius 1 is 1.47 bits per heavy atom. The van der Waals surface area contributed by atoms with Crippen LogP contribution in [-0.4, -0.2) is 44.4 Å². The van der Waals surface area contributed by atoms with Gasteiger partial charge in [-0.3, -0.25) is 4.79 Å². The fraction of sp³-hybridized carbons (Fsp3) is 0.875. The van der Waals surface area contributed by atoms with Crippen LogP contribution in [0.3, 0.4) is 0 Å². The van der Waals surface area contributed by atoms with Crippen molar-refractivity contribution < 1.29 is 18.3 Å². The van der Waals surface area contributed by atoms with E-state index >= 15 is 0 Å². The minimum absolute atomic E-state index is 0.262. The van der Waals surface area contributed by atoms with E-state index in [0.717, 1.165) is 4.31 Å². The molecule has 0 aromatic heterocycles. The van der Waals surface area contributed by atoms with E-state index < -0.39 is 22.1 Å². The van der Waals surface area contributed by atoms with Crippen LogP contribution in [0.15, 0.2) is 0 Å². The fourth-order valence-electron chi connectivity index (χ4n) is 0.862. The molecule has 0 radical (unpaired) electrons. The molecular formula is C8H18N2O4S. The zero-order valence-electron chi connectivity index (χ0n) is 9.23. The highest BCUT2D eigenvalue weighted by atomic mass is 32.2. The maximum atomic E-state index is 11.2. The molecule has 0 saturated carbocycles. The molecule has 0 fully saturated rings. The van der Waals surface area contributed by atoms with Crippen molar-refractivity contribution in [3.05, 3.63) is 0 Å². The second-order valence-corrected chi connectivity index (χ2v) is 5.53. The molecule has 0 heterocycles. The van der Waals surface area contributed by atoms with Crippen LogP contribution in [0.2, 0.25) is 0 Å². The van der Waals surface area contributed by atoms with Crippen LogP contribution >= 0.6 is 0 Å². The van der Waals surface area contributed by atoms with Crippen LogP contribution in [0.4, 0.5) is 0 Å². The molecule has 0 saturated heterocycles. The minimum Gasteiger partial charge on any atom is -0.481 e. The lowest BCUT2D eigenvalue weighted by atomic mass is 10.1. The van der Waals surface area contributed by atoms with Gasteiger partial charge in [0.25, 0.3) is 10.2 Å². The molecule has 0 rings (SSSR count). The molecule has 15 heavy (non-hydrogen) atoms. The van der Waals surface area contributed by atoms with E-state index in [1.54, 1.807) is 6.92 Å². The highest BCUT2D eigenvalue weighted by Crippen LogP contribution is 2.04. The van der Waals surface area contributed by atoms with Crippen LogP contribution in [0.25, 0.3) is 0 Å². The van der Waals surface area contributed by atoms with Gasteiger partial charge in [-0.25, -0.2) is 4.72 Å². The van der Waals surface area contributed by atoms with Crippen LogP contribution < -0.4 is 4.72 Å². The molecule has 0 aromatic carbocycles. The van der Waals surface area contributed by atoms with E-state index in [1.165, 1.54) is 14.1 Å². The second-order valence-electron chi connectivity index (χ2n) is 3.56. The van der Waals surface area contributed by atoms with Gasteiger partial charge in [0.2, 0.25) is 0 Å². The van der Waals surface area contributed by atoms with Gasteiger partial charge in [-0.2, -0.15) is 12.7 Å². The Bertz CT molecular complexity index is 300. The lowest BCUT2D eigenvalue weighted by molar-refractivity contribution is -0.141. The maximum Gasteiger partial charge on any atom is 0.306 e. The molecule has 1 unspecified atom stereocenters. The number of nitrogens with one attached hydrogen (secondary N) is 1. The summed E-state index contributed by atoms with van der Waals surface area (Å²) in [5.41, 5.74) is 0. The van der Waals surface area contributed by atoms with Gasteiger partial charge in [0, 0.05) is 20.6 Å². The van der Waals surface area contributed by atoms with Gasteiger partial charge in [-0.1, -0.05) is 6.92 Å². The van der Waals surface area contributed by atoms with E-state index in [-0.39, 0.29) is 6.54 Å². The quantitative estimate of drug-likeness (QED) is 0.606. The Labute approximate surface area is 90.5 Å². The lowest BCUT2D eigenvalue weighted by Crippen LogP contribution is -2.36. The Morgan fingerprint density at radius 3 is 2.40 bits per heavy atom. The van der Waals surface area contributed by atoms with E-state index in [1.807, 2.05) is 0 Å². The van der Waals surface area contributed by atoms with Gasteiger partial charge in [0.1, 0.15) is 0 Å². The average Bonchev–Trinajstić information content (AvgIpc) is 2.11. The summed E-state index contributed by atoms with van der Waals surface area (Å²) in [6, 6.07) is 0. The molecule has 0 aliphatic heterocycles. The predicted molar refractivity (Wildman–Crippen MR) is 56.6 cm³/mol. The second kappa shape index (κ2) is 6.04. The molecule has 0 bridgehead atoms. The van der Waals surface area contributed by atoms with Crippen molar-refractivity contribution in [2.75, 3.05) is 20.6 Å². The Hall–Kier alpha value is -0.660. The number of carbonyl (C=O) groups is 1. The Balaban J connectivity index is 3.78. The van der Waals surface area contributed by atoms with Crippen LogP contribution in [0.5, 0.6) is 0 Å². The van der Waals surface area contributed by atoms with Crippen LogP contribution in [-0.2, 0) is 15.0 Å². The molecule has 1 atom stereocenters. The first kappa shape index (κ1) is 14.3.